The van der Waals surface area contributed by atoms with Gasteiger partial charge in [-0.15, -0.1) is 0 Å². The maximum absolute atomic E-state index is 9.04. The molecule has 3 nitrogen and oxygen atoms in total. The van der Waals surface area contributed by atoms with E-state index in [1.165, 1.54) is 12.8 Å². The van der Waals surface area contributed by atoms with E-state index in [2.05, 4.69) is 17.9 Å². The predicted octanol–water partition coefficient (Wildman–Crippen LogP) is 2.52. The third-order valence-corrected chi connectivity index (χ3v) is 3.99. The van der Waals surface area contributed by atoms with E-state index in [-0.39, 0.29) is 5.41 Å². The highest BCUT2D eigenvalue weighted by atomic mass is 15.1. The van der Waals surface area contributed by atoms with E-state index in [1.54, 1.807) is 0 Å². The van der Waals surface area contributed by atoms with E-state index in [1.807, 2.05) is 13.8 Å². The first kappa shape index (κ1) is 14.5. The van der Waals surface area contributed by atoms with Crippen molar-refractivity contribution in [1.29, 1.82) is 5.26 Å². The van der Waals surface area contributed by atoms with Gasteiger partial charge in [0.1, 0.15) is 0 Å². The molecule has 0 spiro atoms. The molecule has 1 rings (SSSR count). The molecule has 98 valence electrons. The van der Waals surface area contributed by atoms with Crippen LogP contribution in [0, 0.1) is 16.7 Å². The Bertz CT molecular complexity index is 259. The summed E-state index contributed by atoms with van der Waals surface area (Å²) in [6, 6.07) is 3.49. The van der Waals surface area contributed by atoms with E-state index in [4.69, 9.17) is 11.0 Å². The molecule has 0 saturated heterocycles. The minimum atomic E-state index is -0.196. The van der Waals surface area contributed by atoms with Crippen LogP contribution in [0.5, 0.6) is 0 Å². The van der Waals surface area contributed by atoms with Gasteiger partial charge in [-0.05, 0) is 59.0 Å². The van der Waals surface area contributed by atoms with Crippen molar-refractivity contribution >= 4 is 0 Å². The maximum atomic E-state index is 9.04. The monoisotopic (exact) mass is 237 g/mol. The molecule has 0 unspecified atom stereocenters. The second-order valence-electron chi connectivity index (χ2n) is 5.94. The lowest BCUT2D eigenvalue weighted by molar-refractivity contribution is 0.144. The SMILES string of the molecule is CCN(CCC(C)(C)C#N)C1CCC(N)CC1. The van der Waals surface area contributed by atoms with E-state index >= 15 is 0 Å². The Hall–Kier alpha value is -0.590. The summed E-state index contributed by atoms with van der Waals surface area (Å²) in [4.78, 5) is 2.53. The highest BCUT2D eigenvalue weighted by Gasteiger charge is 2.25. The summed E-state index contributed by atoms with van der Waals surface area (Å²) >= 11 is 0. The van der Waals surface area contributed by atoms with Crippen molar-refractivity contribution in [2.45, 2.75) is 65.0 Å². The van der Waals surface area contributed by atoms with Gasteiger partial charge in [0.2, 0.25) is 0 Å². The number of hydrogen-bond donors (Lipinski definition) is 1. The maximum Gasteiger partial charge on any atom is 0.0684 e. The van der Waals surface area contributed by atoms with Crippen LogP contribution in [-0.2, 0) is 0 Å². The summed E-state index contributed by atoms with van der Waals surface area (Å²) in [6.07, 6.45) is 5.72. The molecule has 0 amide bonds. The first-order valence-corrected chi connectivity index (χ1v) is 6.89. The minimum absolute atomic E-state index is 0.196. The fourth-order valence-corrected chi connectivity index (χ4v) is 2.54. The molecule has 1 fully saturated rings. The fourth-order valence-electron chi connectivity index (χ4n) is 2.54. The van der Waals surface area contributed by atoms with Crippen LogP contribution in [0.25, 0.3) is 0 Å². The van der Waals surface area contributed by atoms with Crippen LogP contribution in [0.2, 0.25) is 0 Å². The summed E-state index contributed by atoms with van der Waals surface area (Å²) in [5, 5.41) is 9.04. The zero-order valence-corrected chi connectivity index (χ0v) is 11.6. The normalized spacial score (nSPS) is 25.9. The molecule has 17 heavy (non-hydrogen) atoms. The molecule has 0 heterocycles. The molecular weight excluding hydrogens is 210 g/mol. The zero-order valence-electron chi connectivity index (χ0n) is 11.6. The number of nitrogens with zero attached hydrogens (tertiary/aromatic N) is 2. The zero-order chi connectivity index (χ0) is 12.9. The van der Waals surface area contributed by atoms with Crippen LogP contribution >= 0.6 is 0 Å². The lowest BCUT2D eigenvalue weighted by Crippen LogP contribution is -2.42. The Kier molecular flexibility index (Phi) is 5.42. The van der Waals surface area contributed by atoms with Crippen molar-refractivity contribution in [2.24, 2.45) is 11.1 Å². The van der Waals surface area contributed by atoms with Crippen molar-refractivity contribution in [3.63, 3.8) is 0 Å². The number of hydrogen-bond acceptors (Lipinski definition) is 3. The molecule has 0 aromatic heterocycles. The lowest BCUT2D eigenvalue weighted by Gasteiger charge is -2.36. The van der Waals surface area contributed by atoms with Crippen LogP contribution in [0.15, 0.2) is 0 Å². The van der Waals surface area contributed by atoms with Crippen LogP contribution in [0.1, 0.15) is 52.9 Å². The second kappa shape index (κ2) is 6.37. The highest BCUT2D eigenvalue weighted by molar-refractivity contribution is 4.92. The Balaban J connectivity index is 2.41. The number of rotatable bonds is 5. The van der Waals surface area contributed by atoms with E-state index in [0.717, 1.165) is 32.4 Å². The molecule has 1 aliphatic rings. The van der Waals surface area contributed by atoms with Gasteiger partial charge in [-0.1, -0.05) is 6.92 Å². The average molecular weight is 237 g/mol. The summed E-state index contributed by atoms with van der Waals surface area (Å²) in [5.41, 5.74) is 5.75. The molecule has 0 aliphatic heterocycles. The minimum Gasteiger partial charge on any atom is -0.328 e. The topological polar surface area (TPSA) is 53.0 Å². The fraction of sp³-hybridized carbons (Fsp3) is 0.929. The van der Waals surface area contributed by atoms with Crippen LogP contribution in [-0.4, -0.2) is 30.1 Å². The Morgan fingerprint density at radius 3 is 2.35 bits per heavy atom. The van der Waals surface area contributed by atoms with Gasteiger partial charge >= 0.3 is 0 Å². The molecule has 0 aromatic rings. The smallest absolute Gasteiger partial charge is 0.0684 e. The van der Waals surface area contributed by atoms with Gasteiger partial charge in [0.15, 0.2) is 0 Å². The molecule has 1 saturated carbocycles. The molecule has 0 bridgehead atoms. The number of nitriles is 1. The van der Waals surface area contributed by atoms with Gasteiger partial charge in [-0.2, -0.15) is 5.26 Å². The van der Waals surface area contributed by atoms with Crippen molar-refractivity contribution < 1.29 is 0 Å². The molecule has 2 N–H and O–H groups in total. The van der Waals surface area contributed by atoms with E-state index in [0.29, 0.717) is 12.1 Å². The molecule has 3 heteroatoms. The summed E-state index contributed by atoms with van der Waals surface area (Å²) in [6.45, 7) is 8.39. The van der Waals surface area contributed by atoms with Gasteiger partial charge in [-0.25, -0.2) is 0 Å². The van der Waals surface area contributed by atoms with E-state index in [9.17, 15) is 0 Å². The van der Waals surface area contributed by atoms with Gasteiger partial charge < -0.3 is 10.6 Å². The first-order chi connectivity index (χ1) is 7.98. The van der Waals surface area contributed by atoms with E-state index < -0.39 is 0 Å². The Labute approximate surface area is 106 Å². The van der Waals surface area contributed by atoms with Gasteiger partial charge in [0.25, 0.3) is 0 Å². The number of nitrogens with two attached hydrogens (primary N) is 1. The Morgan fingerprint density at radius 1 is 1.29 bits per heavy atom. The lowest BCUT2D eigenvalue weighted by atomic mass is 9.88. The average Bonchev–Trinajstić information content (AvgIpc) is 2.32. The molecule has 0 atom stereocenters. The summed E-state index contributed by atoms with van der Waals surface area (Å²) < 4.78 is 0. The summed E-state index contributed by atoms with van der Waals surface area (Å²) in [5.74, 6) is 0. The first-order valence-electron chi connectivity index (χ1n) is 6.89. The molecule has 1 aliphatic carbocycles. The van der Waals surface area contributed by atoms with Crippen molar-refractivity contribution in [1.82, 2.24) is 4.90 Å². The van der Waals surface area contributed by atoms with Crippen molar-refractivity contribution in [2.75, 3.05) is 13.1 Å². The largest absolute Gasteiger partial charge is 0.328 e. The predicted molar refractivity (Wildman–Crippen MR) is 71.5 cm³/mol. The molecular formula is C14H27N3. The Morgan fingerprint density at radius 2 is 1.88 bits per heavy atom. The summed E-state index contributed by atoms with van der Waals surface area (Å²) in [7, 11) is 0. The molecule has 0 aromatic carbocycles. The van der Waals surface area contributed by atoms with Crippen molar-refractivity contribution in [3.8, 4) is 6.07 Å². The third-order valence-electron chi connectivity index (χ3n) is 3.99. The molecule has 0 radical (unpaired) electrons. The van der Waals surface area contributed by atoms with Gasteiger partial charge in [-0.3, -0.25) is 0 Å². The third kappa shape index (κ3) is 4.65. The second-order valence-corrected chi connectivity index (χ2v) is 5.94. The van der Waals surface area contributed by atoms with Crippen LogP contribution < -0.4 is 5.73 Å². The highest BCUT2D eigenvalue weighted by Crippen LogP contribution is 2.25. The van der Waals surface area contributed by atoms with Crippen LogP contribution in [0.3, 0.4) is 0 Å². The van der Waals surface area contributed by atoms with Crippen molar-refractivity contribution in [3.05, 3.63) is 0 Å². The van der Waals surface area contributed by atoms with Crippen LogP contribution in [0.4, 0.5) is 0 Å². The standard InChI is InChI=1S/C14H27N3/c1-4-17(10-9-14(2,3)11-15)13-7-5-12(16)6-8-13/h12-13H,4-10,16H2,1-3H3. The van der Waals surface area contributed by atoms with Gasteiger partial charge in [0.05, 0.1) is 11.5 Å². The van der Waals surface area contributed by atoms with Gasteiger partial charge in [0, 0.05) is 12.1 Å². The quantitative estimate of drug-likeness (QED) is 0.799.